The highest BCUT2D eigenvalue weighted by Gasteiger charge is 2.35. The van der Waals surface area contributed by atoms with Crippen LogP contribution in [0.15, 0.2) is 36.4 Å². The van der Waals surface area contributed by atoms with E-state index in [1.54, 1.807) is 0 Å². The normalized spacial score (nSPS) is 19.2. The molecule has 1 fully saturated rings. The van der Waals surface area contributed by atoms with Gasteiger partial charge in [0.15, 0.2) is 0 Å². The Kier molecular flexibility index (Phi) is 5.32. The standard InChI is InChI=1S/C18H17F3N2O3/c1-25-12-6-14(20)17(15(21)7-12)13-8-26-9-16(13)23-18(24)22-11-4-2-10(19)3-5-11/h2-7,13,16H,8-9H2,1H3,(H2,22,23,24)/t13-,16?/m1/s1. The van der Waals surface area contributed by atoms with Crippen LogP contribution in [-0.4, -0.2) is 32.4 Å². The maximum absolute atomic E-state index is 14.3. The van der Waals surface area contributed by atoms with Gasteiger partial charge in [-0.3, -0.25) is 0 Å². The molecule has 1 unspecified atom stereocenters. The number of carbonyl (C=O) groups is 1. The number of halogens is 3. The molecule has 1 aliphatic heterocycles. The van der Waals surface area contributed by atoms with Crippen LogP contribution in [0.3, 0.4) is 0 Å². The van der Waals surface area contributed by atoms with Gasteiger partial charge in [-0.25, -0.2) is 18.0 Å². The first-order valence-corrected chi connectivity index (χ1v) is 7.91. The Bertz CT molecular complexity index is 776. The van der Waals surface area contributed by atoms with Crippen molar-refractivity contribution in [2.75, 3.05) is 25.6 Å². The van der Waals surface area contributed by atoms with Gasteiger partial charge in [0.25, 0.3) is 0 Å². The fourth-order valence-electron chi connectivity index (χ4n) is 2.88. The Morgan fingerprint density at radius 3 is 2.38 bits per heavy atom. The van der Waals surface area contributed by atoms with E-state index in [2.05, 4.69) is 10.6 Å². The minimum atomic E-state index is -0.761. The summed E-state index contributed by atoms with van der Waals surface area (Å²) in [4.78, 5) is 12.1. The molecule has 2 aromatic carbocycles. The molecule has 2 amide bonds. The summed E-state index contributed by atoms with van der Waals surface area (Å²) in [6.07, 6.45) is 0. The van der Waals surface area contributed by atoms with Gasteiger partial charge >= 0.3 is 6.03 Å². The second kappa shape index (κ2) is 7.65. The van der Waals surface area contributed by atoms with Crippen molar-refractivity contribution < 1.29 is 27.4 Å². The van der Waals surface area contributed by atoms with Gasteiger partial charge in [0.05, 0.1) is 26.4 Å². The lowest BCUT2D eigenvalue weighted by Gasteiger charge is -2.21. The SMILES string of the molecule is COc1cc(F)c([C@@H]2COCC2NC(=O)Nc2ccc(F)cc2)c(F)c1. The molecule has 0 saturated carbocycles. The highest BCUT2D eigenvalue weighted by atomic mass is 19.1. The first kappa shape index (κ1) is 18.1. The van der Waals surface area contributed by atoms with Crippen LogP contribution in [0.1, 0.15) is 11.5 Å². The molecule has 5 nitrogen and oxygen atoms in total. The molecule has 0 aromatic heterocycles. The molecule has 26 heavy (non-hydrogen) atoms. The summed E-state index contributed by atoms with van der Waals surface area (Å²) < 4.78 is 51.7. The maximum Gasteiger partial charge on any atom is 0.319 e. The van der Waals surface area contributed by atoms with Crippen LogP contribution in [0.4, 0.5) is 23.7 Å². The minimum Gasteiger partial charge on any atom is -0.497 e. The number of hydrogen-bond donors (Lipinski definition) is 2. The van der Waals surface area contributed by atoms with Gasteiger partial charge in [-0.2, -0.15) is 0 Å². The molecule has 0 bridgehead atoms. The molecule has 1 aliphatic rings. The summed E-state index contributed by atoms with van der Waals surface area (Å²) in [5, 5.41) is 5.18. The van der Waals surface area contributed by atoms with Crippen molar-refractivity contribution in [3.63, 3.8) is 0 Å². The van der Waals surface area contributed by atoms with Crippen molar-refractivity contribution in [1.29, 1.82) is 0 Å². The van der Waals surface area contributed by atoms with Crippen LogP contribution in [0.5, 0.6) is 5.75 Å². The number of ether oxygens (including phenoxy) is 2. The first-order valence-electron chi connectivity index (χ1n) is 7.91. The lowest BCUT2D eigenvalue weighted by atomic mass is 9.93. The van der Waals surface area contributed by atoms with E-state index in [1.165, 1.54) is 31.4 Å². The number of urea groups is 1. The van der Waals surface area contributed by atoms with Crippen molar-refractivity contribution in [2.45, 2.75) is 12.0 Å². The van der Waals surface area contributed by atoms with Crippen LogP contribution in [0.2, 0.25) is 0 Å². The number of rotatable bonds is 4. The van der Waals surface area contributed by atoms with Crippen LogP contribution in [0, 0.1) is 17.5 Å². The van der Waals surface area contributed by atoms with Gasteiger partial charge in [0, 0.05) is 29.3 Å². The topological polar surface area (TPSA) is 59.6 Å². The number of benzene rings is 2. The average Bonchev–Trinajstić information content (AvgIpc) is 3.04. The molecule has 138 valence electrons. The van der Waals surface area contributed by atoms with Crippen LogP contribution >= 0.6 is 0 Å². The molecule has 8 heteroatoms. The zero-order chi connectivity index (χ0) is 18.7. The molecule has 2 N–H and O–H groups in total. The highest BCUT2D eigenvalue weighted by Crippen LogP contribution is 2.32. The van der Waals surface area contributed by atoms with Crippen molar-refractivity contribution in [1.82, 2.24) is 5.32 Å². The summed E-state index contributed by atoms with van der Waals surface area (Å²) in [5.41, 5.74) is 0.233. The Balaban J connectivity index is 1.72. The van der Waals surface area contributed by atoms with E-state index in [-0.39, 0.29) is 24.5 Å². The summed E-state index contributed by atoms with van der Waals surface area (Å²) in [7, 11) is 1.32. The summed E-state index contributed by atoms with van der Waals surface area (Å²) in [6, 6.07) is 6.21. The molecular formula is C18H17F3N2O3. The number of methoxy groups -OCH3 is 1. The molecular weight excluding hydrogens is 349 g/mol. The molecule has 1 heterocycles. The third-order valence-corrected chi connectivity index (χ3v) is 4.16. The predicted molar refractivity (Wildman–Crippen MR) is 88.8 cm³/mol. The summed E-state index contributed by atoms with van der Waals surface area (Å²) in [5.74, 6) is -2.56. The first-order chi connectivity index (χ1) is 12.5. The number of nitrogens with one attached hydrogen (secondary N) is 2. The molecule has 0 aliphatic carbocycles. The number of hydrogen-bond acceptors (Lipinski definition) is 3. The van der Waals surface area contributed by atoms with Crippen LogP contribution < -0.4 is 15.4 Å². The molecule has 0 spiro atoms. The van der Waals surface area contributed by atoms with Gasteiger partial charge in [0.1, 0.15) is 23.2 Å². The van der Waals surface area contributed by atoms with E-state index in [0.29, 0.717) is 5.69 Å². The van der Waals surface area contributed by atoms with Gasteiger partial charge in [-0.15, -0.1) is 0 Å². The fraction of sp³-hybridized carbons (Fsp3) is 0.278. The minimum absolute atomic E-state index is 0.0706. The lowest BCUT2D eigenvalue weighted by Crippen LogP contribution is -2.41. The number of carbonyl (C=O) groups excluding carboxylic acids is 1. The third kappa shape index (κ3) is 3.91. The monoisotopic (exact) mass is 366 g/mol. The molecule has 1 saturated heterocycles. The van der Waals surface area contributed by atoms with E-state index in [9.17, 15) is 18.0 Å². The molecule has 2 aromatic rings. The van der Waals surface area contributed by atoms with Crippen LogP contribution in [-0.2, 0) is 4.74 Å². The Labute approximate surface area is 148 Å². The number of anilines is 1. The van der Waals surface area contributed by atoms with E-state index in [1.807, 2.05) is 0 Å². The lowest BCUT2D eigenvalue weighted by molar-refractivity contribution is 0.187. The van der Waals surface area contributed by atoms with Crippen molar-refractivity contribution in [2.24, 2.45) is 0 Å². The molecule has 3 rings (SSSR count). The van der Waals surface area contributed by atoms with E-state index < -0.39 is 35.4 Å². The quantitative estimate of drug-likeness (QED) is 0.872. The van der Waals surface area contributed by atoms with Crippen molar-refractivity contribution in [3.8, 4) is 5.75 Å². The Hall–Kier alpha value is -2.74. The van der Waals surface area contributed by atoms with E-state index in [0.717, 1.165) is 12.1 Å². The van der Waals surface area contributed by atoms with Crippen LogP contribution in [0.25, 0.3) is 0 Å². The Morgan fingerprint density at radius 1 is 1.12 bits per heavy atom. The third-order valence-electron chi connectivity index (χ3n) is 4.16. The Morgan fingerprint density at radius 2 is 1.77 bits per heavy atom. The summed E-state index contributed by atoms with van der Waals surface area (Å²) >= 11 is 0. The molecule has 0 radical (unpaired) electrons. The fourth-order valence-corrected chi connectivity index (χ4v) is 2.88. The van der Waals surface area contributed by atoms with Gasteiger partial charge in [0.2, 0.25) is 0 Å². The second-order valence-corrected chi connectivity index (χ2v) is 5.86. The van der Waals surface area contributed by atoms with Crippen molar-refractivity contribution in [3.05, 3.63) is 59.4 Å². The van der Waals surface area contributed by atoms with Gasteiger partial charge in [-0.05, 0) is 24.3 Å². The zero-order valence-electron chi connectivity index (χ0n) is 13.9. The number of amides is 2. The second-order valence-electron chi connectivity index (χ2n) is 5.86. The van der Waals surface area contributed by atoms with Crippen molar-refractivity contribution >= 4 is 11.7 Å². The smallest absolute Gasteiger partial charge is 0.319 e. The van der Waals surface area contributed by atoms with Gasteiger partial charge < -0.3 is 20.1 Å². The predicted octanol–water partition coefficient (Wildman–Crippen LogP) is 3.42. The highest BCUT2D eigenvalue weighted by molar-refractivity contribution is 5.89. The zero-order valence-corrected chi connectivity index (χ0v) is 13.9. The van der Waals surface area contributed by atoms with E-state index in [4.69, 9.17) is 9.47 Å². The largest absolute Gasteiger partial charge is 0.497 e. The maximum atomic E-state index is 14.3. The average molecular weight is 366 g/mol. The van der Waals surface area contributed by atoms with E-state index >= 15 is 0 Å². The molecule has 2 atom stereocenters. The van der Waals surface area contributed by atoms with Gasteiger partial charge in [-0.1, -0.05) is 0 Å². The summed E-state index contributed by atoms with van der Waals surface area (Å²) in [6.45, 7) is 0.189.